The summed E-state index contributed by atoms with van der Waals surface area (Å²) in [6.07, 6.45) is 8.35. The number of hydrogen-bond acceptors (Lipinski definition) is 7. The zero-order valence-corrected chi connectivity index (χ0v) is 14.9. The molecule has 0 aliphatic heterocycles. The van der Waals surface area contributed by atoms with E-state index >= 15 is 0 Å². The van der Waals surface area contributed by atoms with Crippen LogP contribution in [-0.4, -0.2) is 35.4 Å². The summed E-state index contributed by atoms with van der Waals surface area (Å²) < 4.78 is 3.52. The summed E-state index contributed by atoms with van der Waals surface area (Å²) in [5, 5.41) is 28.2. The fourth-order valence-corrected chi connectivity index (χ4v) is 3.20. The number of nitriles is 1. The topological polar surface area (TPSA) is 109 Å². The van der Waals surface area contributed by atoms with Crippen molar-refractivity contribution in [3.05, 3.63) is 54.7 Å². The molecule has 1 saturated carbocycles. The van der Waals surface area contributed by atoms with Gasteiger partial charge in [0, 0.05) is 17.8 Å². The summed E-state index contributed by atoms with van der Waals surface area (Å²) in [5.41, 5.74) is 2.78. The molecular formula is C19H17N9. The molecular weight excluding hydrogens is 354 g/mol. The van der Waals surface area contributed by atoms with Crippen molar-refractivity contribution in [3.8, 4) is 11.8 Å². The number of benzene rings is 1. The van der Waals surface area contributed by atoms with Gasteiger partial charge in [-0.3, -0.25) is 4.57 Å². The number of rotatable bonds is 5. The fourth-order valence-electron chi connectivity index (χ4n) is 3.20. The number of aromatic nitrogens is 6. The van der Waals surface area contributed by atoms with E-state index in [4.69, 9.17) is 0 Å². The van der Waals surface area contributed by atoms with Gasteiger partial charge in [-0.2, -0.15) is 14.9 Å². The fraction of sp³-hybridized carbons (Fsp3) is 0.211. The molecule has 1 aliphatic rings. The zero-order valence-electron chi connectivity index (χ0n) is 14.9. The molecule has 1 fully saturated rings. The minimum absolute atomic E-state index is 0.435. The van der Waals surface area contributed by atoms with E-state index in [1.54, 1.807) is 23.4 Å². The molecule has 0 atom stereocenters. The third kappa shape index (κ3) is 2.91. The monoisotopic (exact) mass is 371 g/mol. The van der Waals surface area contributed by atoms with E-state index < -0.39 is 0 Å². The molecule has 28 heavy (non-hydrogen) atoms. The maximum absolute atomic E-state index is 9.38. The highest BCUT2D eigenvalue weighted by atomic mass is 15.3. The Balaban J connectivity index is 1.52. The van der Waals surface area contributed by atoms with E-state index in [0.717, 1.165) is 30.0 Å². The molecule has 5 rings (SSSR count). The van der Waals surface area contributed by atoms with Crippen molar-refractivity contribution >= 4 is 23.0 Å². The van der Waals surface area contributed by atoms with Crippen LogP contribution in [-0.2, 0) is 0 Å². The number of nitrogens with one attached hydrogen (secondary N) is 2. The van der Waals surface area contributed by atoms with Crippen molar-refractivity contribution in [1.29, 1.82) is 5.26 Å². The van der Waals surface area contributed by atoms with Crippen molar-refractivity contribution in [1.82, 2.24) is 29.4 Å². The van der Waals surface area contributed by atoms with Gasteiger partial charge in [-0.05, 0) is 37.5 Å². The average molecular weight is 371 g/mol. The van der Waals surface area contributed by atoms with Crippen LogP contribution in [0, 0.1) is 11.3 Å². The van der Waals surface area contributed by atoms with Crippen LogP contribution < -0.4 is 10.6 Å². The summed E-state index contributed by atoms with van der Waals surface area (Å²) >= 11 is 0. The molecule has 138 valence electrons. The van der Waals surface area contributed by atoms with E-state index in [2.05, 4.69) is 37.0 Å². The Kier molecular flexibility index (Phi) is 3.87. The van der Waals surface area contributed by atoms with Crippen LogP contribution in [0.25, 0.3) is 11.3 Å². The lowest BCUT2D eigenvalue weighted by Crippen LogP contribution is -2.28. The maximum atomic E-state index is 9.38. The lowest BCUT2D eigenvalue weighted by Gasteiger charge is -2.27. The van der Waals surface area contributed by atoms with Crippen LogP contribution in [0.5, 0.6) is 0 Å². The summed E-state index contributed by atoms with van der Waals surface area (Å²) in [4.78, 5) is 4.60. The van der Waals surface area contributed by atoms with Crippen LogP contribution in [0.4, 0.5) is 17.3 Å². The highest BCUT2D eigenvalue weighted by Crippen LogP contribution is 2.27. The summed E-state index contributed by atoms with van der Waals surface area (Å²) in [7, 11) is 0. The minimum atomic E-state index is 0.435. The second kappa shape index (κ2) is 6.66. The standard InChI is InChI=1S/C19H17N9/c20-9-13-10-23-28-18(25-14-3-1-4-14)8-17(26-19(13)28)24-15-5-2-6-16(7-15)27-11-21-22-12-27/h2,5-8,10-12,14,25H,1,3-4H2,(H,24,26). The molecule has 3 heterocycles. The smallest absolute Gasteiger partial charge is 0.177 e. The van der Waals surface area contributed by atoms with Gasteiger partial charge in [0.05, 0.1) is 11.9 Å². The third-order valence-corrected chi connectivity index (χ3v) is 4.88. The normalized spacial score (nSPS) is 13.8. The summed E-state index contributed by atoms with van der Waals surface area (Å²) in [6, 6.07) is 12.4. The molecule has 2 N–H and O–H groups in total. The average Bonchev–Trinajstić information content (AvgIpc) is 3.34. The first-order valence-electron chi connectivity index (χ1n) is 9.08. The molecule has 1 aliphatic carbocycles. The van der Waals surface area contributed by atoms with Gasteiger partial charge < -0.3 is 10.6 Å². The molecule has 0 radical (unpaired) electrons. The molecule has 9 heteroatoms. The molecule has 0 bridgehead atoms. The van der Waals surface area contributed by atoms with Crippen molar-refractivity contribution in [3.63, 3.8) is 0 Å². The molecule has 3 aromatic heterocycles. The highest BCUT2D eigenvalue weighted by Gasteiger charge is 2.20. The van der Waals surface area contributed by atoms with Crippen molar-refractivity contribution in [2.24, 2.45) is 0 Å². The van der Waals surface area contributed by atoms with Crippen LogP contribution in [0.3, 0.4) is 0 Å². The van der Waals surface area contributed by atoms with E-state index in [9.17, 15) is 5.26 Å². The lowest BCUT2D eigenvalue weighted by molar-refractivity contribution is 0.443. The Morgan fingerprint density at radius 2 is 2.00 bits per heavy atom. The van der Waals surface area contributed by atoms with E-state index in [-0.39, 0.29) is 0 Å². The maximum Gasteiger partial charge on any atom is 0.177 e. The van der Waals surface area contributed by atoms with Crippen molar-refractivity contribution in [2.75, 3.05) is 10.6 Å². The number of nitrogens with zero attached hydrogens (tertiary/aromatic N) is 7. The quantitative estimate of drug-likeness (QED) is 0.555. The lowest BCUT2D eigenvalue weighted by atomic mass is 9.93. The Hall–Kier alpha value is -3.93. The van der Waals surface area contributed by atoms with Gasteiger partial charge in [0.2, 0.25) is 0 Å². The third-order valence-electron chi connectivity index (χ3n) is 4.88. The molecule has 0 unspecified atom stereocenters. The van der Waals surface area contributed by atoms with Crippen LogP contribution in [0.2, 0.25) is 0 Å². The second-order valence-electron chi connectivity index (χ2n) is 6.75. The van der Waals surface area contributed by atoms with Gasteiger partial charge in [-0.1, -0.05) is 6.07 Å². The van der Waals surface area contributed by atoms with Gasteiger partial charge >= 0.3 is 0 Å². The Morgan fingerprint density at radius 3 is 2.75 bits per heavy atom. The van der Waals surface area contributed by atoms with E-state index in [1.165, 1.54) is 6.42 Å². The van der Waals surface area contributed by atoms with Gasteiger partial charge in [-0.25, -0.2) is 4.98 Å². The Bertz CT molecular complexity index is 1170. The minimum Gasteiger partial charge on any atom is -0.367 e. The van der Waals surface area contributed by atoms with Crippen molar-refractivity contribution < 1.29 is 0 Å². The van der Waals surface area contributed by atoms with Gasteiger partial charge in [-0.15, -0.1) is 10.2 Å². The first-order valence-corrected chi connectivity index (χ1v) is 9.08. The first kappa shape index (κ1) is 16.3. The molecule has 4 aromatic rings. The largest absolute Gasteiger partial charge is 0.367 e. The number of fused-ring (bicyclic) bond motifs is 1. The van der Waals surface area contributed by atoms with E-state index in [0.29, 0.717) is 23.1 Å². The summed E-state index contributed by atoms with van der Waals surface area (Å²) in [5.74, 6) is 1.47. The number of hydrogen-bond donors (Lipinski definition) is 2. The first-order chi connectivity index (χ1) is 13.8. The summed E-state index contributed by atoms with van der Waals surface area (Å²) in [6.45, 7) is 0. The zero-order chi connectivity index (χ0) is 18.9. The number of anilines is 3. The molecule has 0 amide bonds. The predicted octanol–water partition coefficient (Wildman–Crippen LogP) is 2.89. The SMILES string of the molecule is N#Cc1cnn2c(NC3CCC3)cc(Nc3cccc(-n4cnnc4)c3)nc12. The second-order valence-corrected chi connectivity index (χ2v) is 6.75. The molecule has 1 aromatic carbocycles. The van der Waals surface area contributed by atoms with Gasteiger partial charge in [0.25, 0.3) is 0 Å². The molecule has 0 saturated heterocycles. The molecule has 9 nitrogen and oxygen atoms in total. The van der Waals surface area contributed by atoms with Crippen molar-refractivity contribution in [2.45, 2.75) is 25.3 Å². The Morgan fingerprint density at radius 1 is 1.14 bits per heavy atom. The van der Waals surface area contributed by atoms with Crippen LogP contribution >= 0.6 is 0 Å². The van der Waals surface area contributed by atoms with Crippen LogP contribution in [0.1, 0.15) is 24.8 Å². The van der Waals surface area contributed by atoms with Crippen LogP contribution in [0.15, 0.2) is 49.2 Å². The van der Waals surface area contributed by atoms with E-state index in [1.807, 2.05) is 34.9 Å². The Labute approximate surface area is 160 Å². The predicted molar refractivity (Wildman–Crippen MR) is 104 cm³/mol. The molecule has 0 spiro atoms. The van der Waals surface area contributed by atoms with Gasteiger partial charge in [0.15, 0.2) is 5.65 Å². The van der Waals surface area contributed by atoms with Gasteiger partial charge in [0.1, 0.15) is 35.9 Å². The highest BCUT2D eigenvalue weighted by molar-refractivity contribution is 5.68.